The van der Waals surface area contributed by atoms with Gasteiger partial charge in [0, 0.05) is 14.6 Å². The molecule has 0 bridgehead atoms. The van der Waals surface area contributed by atoms with Gasteiger partial charge >= 0.3 is 0 Å². The fourth-order valence-corrected chi connectivity index (χ4v) is 2.94. The lowest BCUT2D eigenvalue weighted by atomic mass is 9.99. The Morgan fingerprint density at radius 3 is 2.63 bits per heavy atom. The molecule has 100 valence electrons. The normalized spacial score (nSPS) is 12.4. The number of hydrogen-bond acceptors (Lipinski definition) is 1. The first kappa shape index (κ1) is 14.8. The molecule has 1 N–H and O–H groups in total. The molecule has 0 radical (unpaired) electrons. The first-order valence-corrected chi connectivity index (χ1v) is 7.88. The van der Waals surface area contributed by atoms with Crippen LogP contribution in [0.2, 0.25) is 5.02 Å². The maximum atomic E-state index is 6.26. The van der Waals surface area contributed by atoms with Gasteiger partial charge in [-0.1, -0.05) is 48.9 Å². The van der Waals surface area contributed by atoms with Crippen molar-refractivity contribution in [2.24, 2.45) is 0 Å². The molecule has 0 fully saturated rings. The van der Waals surface area contributed by atoms with Gasteiger partial charge in [0.25, 0.3) is 0 Å². The van der Waals surface area contributed by atoms with Crippen molar-refractivity contribution in [1.82, 2.24) is 5.32 Å². The van der Waals surface area contributed by atoms with Gasteiger partial charge in [0.05, 0.1) is 0 Å². The standard InChI is InChI=1S/C16H17ClIN/c1-2-19-16(13-7-5-8-14(18)10-13)11-12-6-3-4-9-15(12)17/h3-10,16,19H,2,11H2,1H3. The van der Waals surface area contributed by atoms with Crippen molar-refractivity contribution in [1.29, 1.82) is 0 Å². The fourth-order valence-electron chi connectivity index (χ4n) is 2.16. The molecule has 0 aliphatic heterocycles. The Morgan fingerprint density at radius 2 is 1.95 bits per heavy atom. The number of likely N-dealkylation sites (N-methyl/N-ethyl adjacent to an activating group) is 1. The highest BCUT2D eigenvalue weighted by Gasteiger charge is 2.13. The van der Waals surface area contributed by atoms with E-state index in [1.54, 1.807) is 0 Å². The van der Waals surface area contributed by atoms with Crippen molar-refractivity contribution < 1.29 is 0 Å². The number of benzene rings is 2. The summed E-state index contributed by atoms with van der Waals surface area (Å²) < 4.78 is 1.26. The topological polar surface area (TPSA) is 12.0 Å². The predicted molar refractivity (Wildman–Crippen MR) is 90.7 cm³/mol. The Labute approximate surface area is 133 Å². The van der Waals surface area contributed by atoms with Gasteiger partial charge in [-0.3, -0.25) is 0 Å². The first-order chi connectivity index (χ1) is 9.20. The van der Waals surface area contributed by atoms with Gasteiger partial charge in [0.15, 0.2) is 0 Å². The lowest BCUT2D eigenvalue weighted by molar-refractivity contribution is 0.549. The molecule has 0 heterocycles. The molecule has 2 aromatic rings. The van der Waals surface area contributed by atoms with E-state index in [9.17, 15) is 0 Å². The first-order valence-electron chi connectivity index (χ1n) is 6.43. The van der Waals surface area contributed by atoms with Crippen LogP contribution in [0.1, 0.15) is 24.1 Å². The van der Waals surface area contributed by atoms with Crippen molar-refractivity contribution in [3.05, 3.63) is 68.3 Å². The van der Waals surface area contributed by atoms with Crippen molar-refractivity contribution in [2.45, 2.75) is 19.4 Å². The van der Waals surface area contributed by atoms with Crippen LogP contribution in [-0.2, 0) is 6.42 Å². The molecule has 0 spiro atoms. The summed E-state index contributed by atoms with van der Waals surface area (Å²) in [5, 5.41) is 4.38. The zero-order valence-corrected chi connectivity index (χ0v) is 13.8. The quantitative estimate of drug-likeness (QED) is 0.726. The van der Waals surface area contributed by atoms with Crippen LogP contribution in [0.25, 0.3) is 0 Å². The molecule has 2 rings (SSSR count). The minimum Gasteiger partial charge on any atom is -0.310 e. The van der Waals surface area contributed by atoms with Crippen LogP contribution in [0.5, 0.6) is 0 Å². The van der Waals surface area contributed by atoms with Gasteiger partial charge in [-0.2, -0.15) is 0 Å². The molecule has 3 heteroatoms. The second-order valence-corrected chi connectivity index (χ2v) is 6.11. The molecule has 19 heavy (non-hydrogen) atoms. The van der Waals surface area contributed by atoms with Crippen LogP contribution in [0, 0.1) is 3.57 Å². The second-order valence-electron chi connectivity index (χ2n) is 4.46. The predicted octanol–water partition coefficient (Wildman–Crippen LogP) is 4.84. The van der Waals surface area contributed by atoms with Crippen molar-refractivity contribution >= 4 is 34.2 Å². The zero-order valence-electron chi connectivity index (χ0n) is 10.9. The Kier molecular flexibility index (Phi) is 5.67. The Bertz CT molecular complexity index is 542. The summed E-state index contributed by atoms with van der Waals surface area (Å²) in [4.78, 5) is 0. The van der Waals surface area contributed by atoms with Gasteiger partial charge in [0.2, 0.25) is 0 Å². The van der Waals surface area contributed by atoms with Gasteiger partial charge in [0.1, 0.15) is 0 Å². The Hall–Kier alpha value is -0.580. The summed E-state index contributed by atoms with van der Waals surface area (Å²) in [6, 6.07) is 17.0. The largest absolute Gasteiger partial charge is 0.310 e. The van der Waals surface area contributed by atoms with Crippen LogP contribution in [-0.4, -0.2) is 6.54 Å². The maximum Gasteiger partial charge on any atom is 0.0438 e. The van der Waals surface area contributed by atoms with Gasteiger partial charge in [-0.05, 0) is 64.9 Å². The van der Waals surface area contributed by atoms with E-state index in [0.717, 1.165) is 18.0 Å². The molecule has 0 aliphatic carbocycles. The highest BCUT2D eigenvalue weighted by Crippen LogP contribution is 2.24. The molecule has 2 aromatic carbocycles. The van der Waals surface area contributed by atoms with E-state index >= 15 is 0 Å². The summed E-state index contributed by atoms with van der Waals surface area (Å²) in [6.07, 6.45) is 0.910. The molecular formula is C16H17ClIN. The minimum atomic E-state index is 0.305. The molecule has 0 aliphatic rings. The second kappa shape index (κ2) is 7.27. The highest BCUT2D eigenvalue weighted by atomic mass is 127. The third kappa shape index (κ3) is 4.20. The molecule has 0 saturated heterocycles. The van der Waals surface area contributed by atoms with E-state index in [2.05, 4.69) is 65.2 Å². The molecule has 1 unspecified atom stereocenters. The summed E-state index contributed by atoms with van der Waals surface area (Å²) in [6.45, 7) is 3.08. The van der Waals surface area contributed by atoms with E-state index in [-0.39, 0.29) is 0 Å². The van der Waals surface area contributed by atoms with E-state index in [1.165, 1.54) is 14.7 Å². The third-order valence-electron chi connectivity index (χ3n) is 3.08. The smallest absolute Gasteiger partial charge is 0.0438 e. The lowest BCUT2D eigenvalue weighted by Crippen LogP contribution is -2.23. The zero-order chi connectivity index (χ0) is 13.7. The minimum absolute atomic E-state index is 0.305. The van der Waals surface area contributed by atoms with Gasteiger partial charge in [-0.25, -0.2) is 0 Å². The lowest BCUT2D eigenvalue weighted by Gasteiger charge is -2.19. The molecular weight excluding hydrogens is 369 g/mol. The molecule has 0 saturated carbocycles. The van der Waals surface area contributed by atoms with Crippen LogP contribution >= 0.6 is 34.2 Å². The van der Waals surface area contributed by atoms with Gasteiger partial charge in [-0.15, -0.1) is 0 Å². The highest BCUT2D eigenvalue weighted by molar-refractivity contribution is 14.1. The van der Waals surface area contributed by atoms with Crippen LogP contribution in [0.3, 0.4) is 0 Å². The Balaban J connectivity index is 2.24. The van der Waals surface area contributed by atoms with Crippen LogP contribution in [0.15, 0.2) is 48.5 Å². The molecule has 0 amide bonds. The van der Waals surface area contributed by atoms with Gasteiger partial charge < -0.3 is 5.32 Å². The summed E-state index contributed by atoms with van der Waals surface area (Å²) in [5.41, 5.74) is 2.50. The van der Waals surface area contributed by atoms with E-state index in [0.29, 0.717) is 6.04 Å². The average Bonchev–Trinajstić information content (AvgIpc) is 2.40. The van der Waals surface area contributed by atoms with E-state index < -0.39 is 0 Å². The summed E-state index contributed by atoms with van der Waals surface area (Å²) in [5.74, 6) is 0. The van der Waals surface area contributed by atoms with Crippen LogP contribution in [0.4, 0.5) is 0 Å². The maximum absolute atomic E-state index is 6.26. The van der Waals surface area contributed by atoms with Crippen molar-refractivity contribution in [3.8, 4) is 0 Å². The Morgan fingerprint density at radius 1 is 1.16 bits per heavy atom. The number of rotatable bonds is 5. The van der Waals surface area contributed by atoms with Crippen molar-refractivity contribution in [2.75, 3.05) is 6.54 Å². The monoisotopic (exact) mass is 385 g/mol. The van der Waals surface area contributed by atoms with Crippen LogP contribution < -0.4 is 5.32 Å². The summed E-state index contributed by atoms with van der Waals surface area (Å²) >= 11 is 8.61. The van der Waals surface area contributed by atoms with E-state index in [4.69, 9.17) is 11.6 Å². The van der Waals surface area contributed by atoms with E-state index in [1.807, 2.05) is 18.2 Å². The van der Waals surface area contributed by atoms with Crippen molar-refractivity contribution in [3.63, 3.8) is 0 Å². The summed E-state index contributed by atoms with van der Waals surface area (Å²) in [7, 11) is 0. The number of nitrogens with one attached hydrogen (secondary N) is 1. The molecule has 1 nitrogen and oxygen atoms in total. The third-order valence-corrected chi connectivity index (χ3v) is 4.12. The fraction of sp³-hybridized carbons (Fsp3) is 0.250. The molecule has 1 atom stereocenters. The molecule has 0 aromatic heterocycles. The SMILES string of the molecule is CCNC(Cc1ccccc1Cl)c1cccc(I)c1. The number of hydrogen-bond donors (Lipinski definition) is 1. The average molecular weight is 386 g/mol. The number of halogens is 2.